The molecule has 4 aliphatic carbocycles. The number of fused-ring (bicyclic) bond motifs is 5. The van der Waals surface area contributed by atoms with E-state index in [9.17, 15) is 10.2 Å². The van der Waals surface area contributed by atoms with Crippen LogP contribution in [0.1, 0.15) is 32.6 Å². The highest BCUT2D eigenvalue weighted by Crippen LogP contribution is 2.59. The fourth-order valence-electron chi connectivity index (χ4n) is 5.46. The molecule has 4 nitrogen and oxygen atoms in total. The number of hydrogen-bond acceptors (Lipinski definition) is 4. The summed E-state index contributed by atoms with van der Waals surface area (Å²) in [6.07, 6.45) is 12.4. The minimum Gasteiger partial charge on any atom is -0.505 e. The molecule has 4 rings (SSSR count). The fraction of sp³-hybridized carbons (Fsp3) is 0.611. The Bertz CT molecular complexity index is 619. The molecule has 0 radical (unpaired) electrons. The molecule has 4 heteroatoms. The summed E-state index contributed by atoms with van der Waals surface area (Å²) >= 11 is 0. The number of rotatable bonds is 0. The van der Waals surface area contributed by atoms with Crippen molar-refractivity contribution in [3.05, 3.63) is 35.6 Å². The van der Waals surface area contributed by atoms with Gasteiger partial charge < -0.3 is 16.1 Å². The van der Waals surface area contributed by atoms with Crippen LogP contribution in [0, 0.1) is 29.1 Å². The molecular formula is C18H24N2O2. The quantitative estimate of drug-likeness (QED) is 0.475. The van der Waals surface area contributed by atoms with Crippen molar-refractivity contribution in [3.8, 4) is 0 Å². The summed E-state index contributed by atoms with van der Waals surface area (Å²) in [6.45, 7) is 2.26. The molecule has 0 unspecified atom stereocenters. The van der Waals surface area contributed by atoms with E-state index in [4.69, 9.17) is 5.84 Å². The predicted octanol–water partition coefficient (Wildman–Crippen LogP) is 2.67. The molecule has 6 atom stereocenters. The van der Waals surface area contributed by atoms with Gasteiger partial charge in [0, 0.05) is 11.5 Å². The highest BCUT2D eigenvalue weighted by atomic mass is 16.3. The van der Waals surface area contributed by atoms with Crippen molar-refractivity contribution in [1.29, 1.82) is 0 Å². The largest absolute Gasteiger partial charge is 0.505 e. The van der Waals surface area contributed by atoms with Gasteiger partial charge in [-0.05, 0) is 54.9 Å². The predicted molar refractivity (Wildman–Crippen MR) is 86.1 cm³/mol. The van der Waals surface area contributed by atoms with Crippen LogP contribution in [0.5, 0.6) is 0 Å². The van der Waals surface area contributed by atoms with Gasteiger partial charge in [-0.15, -0.1) is 0 Å². The Morgan fingerprint density at radius 3 is 2.82 bits per heavy atom. The van der Waals surface area contributed by atoms with Crippen LogP contribution in [0.15, 0.2) is 40.7 Å². The maximum absolute atomic E-state index is 10.4. The van der Waals surface area contributed by atoms with Crippen LogP contribution >= 0.6 is 0 Å². The van der Waals surface area contributed by atoms with Gasteiger partial charge in [0.2, 0.25) is 0 Å². The van der Waals surface area contributed by atoms with Crippen LogP contribution in [0.2, 0.25) is 0 Å². The van der Waals surface area contributed by atoms with Gasteiger partial charge in [0.1, 0.15) is 11.5 Å². The van der Waals surface area contributed by atoms with Crippen molar-refractivity contribution in [2.45, 2.75) is 38.7 Å². The molecule has 2 saturated carbocycles. The van der Waals surface area contributed by atoms with Crippen molar-refractivity contribution in [1.82, 2.24) is 0 Å². The first-order valence-corrected chi connectivity index (χ1v) is 8.32. The first kappa shape index (κ1) is 14.1. The molecular weight excluding hydrogens is 276 g/mol. The number of nitrogens with zero attached hydrogens (tertiary/aromatic N) is 1. The Morgan fingerprint density at radius 2 is 2.05 bits per heavy atom. The van der Waals surface area contributed by atoms with Gasteiger partial charge in [0.05, 0.1) is 6.10 Å². The molecule has 0 bridgehead atoms. The SMILES string of the molecule is C[C@]12CC[C@H]3[C@@H](C=CC4=C(O)/C(=N/N)C=C[C@@H]43)[C@@H]1CC[C@@H]2O. The number of hydrazone groups is 1. The summed E-state index contributed by atoms with van der Waals surface area (Å²) < 4.78 is 0. The van der Waals surface area contributed by atoms with Crippen molar-refractivity contribution in [2.75, 3.05) is 0 Å². The highest BCUT2D eigenvalue weighted by Gasteiger charge is 2.55. The maximum atomic E-state index is 10.4. The van der Waals surface area contributed by atoms with Gasteiger partial charge >= 0.3 is 0 Å². The maximum Gasteiger partial charge on any atom is 0.146 e. The van der Waals surface area contributed by atoms with Gasteiger partial charge in [-0.2, -0.15) is 5.10 Å². The Hall–Kier alpha value is -1.55. The van der Waals surface area contributed by atoms with E-state index in [1.807, 2.05) is 6.08 Å². The van der Waals surface area contributed by atoms with Crippen LogP contribution in [-0.4, -0.2) is 22.0 Å². The number of allylic oxidation sites excluding steroid dienone is 5. The van der Waals surface area contributed by atoms with E-state index in [1.165, 1.54) is 0 Å². The second-order valence-electron chi connectivity index (χ2n) is 7.55. The highest BCUT2D eigenvalue weighted by molar-refractivity contribution is 6.08. The Morgan fingerprint density at radius 1 is 1.23 bits per heavy atom. The average molecular weight is 300 g/mol. The Labute approximate surface area is 131 Å². The second-order valence-corrected chi connectivity index (χ2v) is 7.55. The Kier molecular flexibility index (Phi) is 3.02. The Balaban J connectivity index is 1.73. The van der Waals surface area contributed by atoms with Crippen LogP contribution in [0.3, 0.4) is 0 Å². The van der Waals surface area contributed by atoms with Crippen molar-refractivity contribution in [2.24, 2.45) is 40.0 Å². The van der Waals surface area contributed by atoms with Crippen molar-refractivity contribution >= 4 is 5.71 Å². The third-order valence-corrected chi connectivity index (χ3v) is 6.77. The average Bonchev–Trinajstić information content (AvgIpc) is 2.83. The van der Waals surface area contributed by atoms with Crippen LogP contribution in [-0.2, 0) is 0 Å². The molecule has 4 aliphatic rings. The van der Waals surface area contributed by atoms with Crippen molar-refractivity contribution < 1.29 is 10.2 Å². The van der Waals surface area contributed by atoms with E-state index in [2.05, 4.69) is 30.3 Å². The molecule has 118 valence electrons. The number of aliphatic hydroxyl groups is 2. The van der Waals surface area contributed by atoms with Gasteiger partial charge in [0.25, 0.3) is 0 Å². The summed E-state index contributed by atoms with van der Waals surface area (Å²) in [7, 11) is 0. The zero-order chi connectivity index (χ0) is 15.5. The monoisotopic (exact) mass is 300 g/mol. The van der Waals surface area contributed by atoms with Gasteiger partial charge in [-0.1, -0.05) is 25.2 Å². The molecule has 0 aromatic carbocycles. The fourth-order valence-corrected chi connectivity index (χ4v) is 5.46. The normalized spacial score (nSPS) is 48.3. The zero-order valence-corrected chi connectivity index (χ0v) is 12.9. The second kappa shape index (κ2) is 4.72. The molecule has 0 aliphatic heterocycles. The summed E-state index contributed by atoms with van der Waals surface area (Å²) in [5, 5.41) is 24.4. The van der Waals surface area contributed by atoms with Crippen molar-refractivity contribution in [3.63, 3.8) is 0 Å². The van der Waals surface area contributed by atoms with Crippen LogP contribution in [0.4, 0.5) is 0 Å². The van der Waals surface area contributed by atoms with E-state index >= 15 is 0 Å². The lowest BCUT2D eigenvalue weighted by molar-refractivity contribution is -0.0267. The van der Waals surface area contributed by atoms with Gasteiger partial charge in [0.15, 0.2) is 0 Å². The molecule has 22 heavy (non-hydrogen) atoms. The molecule has 0 saturated heterocycles. The summed E-state index contributed by atoms with van der Waals surface area (Å²) in [5.74, 6) is 7.39. The number of nitrogens with two attached hydrogens (primary N) is 1. The number of aliphatic hydroxyl groups excluding tert-OH is 2. The third-order valence-electron chi connectivity index (χ3n) is 6.77. The molecule has 0 amide bonds. The van der Waals surface area contributed by atoms with Crippen LogP contribution in [0.25, 0.3) is 0 Å². The summed E-state index contributed by atoms with van der Waals surface area (Å²) in [4.78, 5) is 0. The van der Waals surface area contributed by atoms with E-state index in [-0.39, 0.29) is 23.2 Å². The van der Waals surface area contributed by atoms with E-state index in [0.717, 1.165) is 31.3 Å². The zero-order valence-electron chi connectivity index (χ0n) is 12.9. The van der Waals surface area contributed by atoms with E-state index < -0.39 is 0 Å². The molecule has 0 spiro atoms. The molecule has 4 N–H and O–H groups in total. The lowest BCUT2D eigenvalue weighted by Crippen LogP contribution is -2.46. The smallest absolute Gasteiger partial charge is 0.146 e. The molecule has 2 fully saturated rings. The first-order chi connectivity index (χ1) is 10.6. The van der Waals surface area contributed by atoms with E-state index in [0.29, 0.717) is 23.5 Å². The molecule has 0 heterocycles. The lowest BCUT2D eigenvalue weighted by atomic mass is 9.54. The standard InChI is InChI=1S/C18H24N2O2/c1-18-9-8-11-10-4-6-15(20-19)17(22)13(10)3-2-12(11)14(18)5-7-16(18)21/h2-4,6,10-12,14,16,21-22H,5,7-9,19H2,1H3/b20-15+/t10-,11-,12-,14+,16+,18+/m1/s1. The minimum absolute atomic E-state index is 0.0665. The van der Waals surface area contributed by atoms with Gasteiger partial charge in [-0.3, -0.25) is 0 Å². The third kappa shape index (κ3) is 1.70. The summed E-state index contributed by atoms with van der Waals surface area (Å²) in [6, 6.07) is 0. The van der Waals surface area contributed by atoms with E-state index in [1.54, 1.807) is 0 Å². The number of hydrogen-bond donors (Lipinski definition) is 3. The van der Waals surface area contributed by atoms with Gasteiger partial charge in [-0.25, -0.2) is 0 Å². The van der Waals surface area contributed by atoms with Crippen LogP contribution < -0.4 is 5.84 Å². The minimum atomic E-state index is -0.157. The molecule has 0 aromatic heterocycles. The summed E-state index contributed by atoms with van der Waals surface area (Å²) in [5.41, 5.74) is 1.48. The molecule has 0 aromatic rings. The lowest BCUT2D eigenvalue weighted by Gasteiger charge is -2.50. The first-order valence-electron chi connectivity index (χ1n) is 8.32. The topological polar surface area (TPSA) is 78.8 Å².